The third-order valence-electron chi connectivity index (χ3n) is 3.50. The molecule has 1 aromatic carbocycles. The molecule has 92 valence electrons. The zero-order valence-electron chi connectivity index (χ0n) is 9.70. The highest BCUT2D eigenvalue weighted by atomic mass is 35.5. The lowest BCUT2D eigenvalue weighted by atomic mass is 9.63. The van der Waals surface area contributed by atoms with Crippen molar-refractivity contribution in [2.75, 3.05) is 7.11 Å². The first-order valence-electron chi connectivity index (χ1n) is 5.61. The molecule has 0 heterocycles. The molecule has 1 fully saturated rings. The molecule has 3 nitrogen and oxygen atoms in total. The molecule has 0 atom stereocenters. The van der Waals surface area contributed by atoms with Crippen molar-refractivity contribution < 1.29 is 14.6 Å². The number of carboxylic acids is 1. The minimum absolute atomic E-state index is 0.394. The van der Waals surface area contributed by atoms with Crippen molar-refractivity contribution in [3.63, 3.8) is 0 Å². The van der Waals surface area contributed by atoms with Crippen LogP contribution in [0.3, 0.4) is 0 Å². The van der Waals surface area contributed by atoms with Gasteiger partial charge in [-0.15, -0.1) is 0 Å². The van der Waals surface area contributed by atoms with Gasteiger partial charge in [-0.1, -0.05) is 24.1 Å². The van der Waals surface area contributed by atoms with Crippen LogP contribution in [-0.2, 0) is 21.6 Å². The summed E-state index contributed by atoms with van der Waals surface area (Å²) < 4.78 is 5.12. The third kappa shape index (κ3) is 2.05. The maximum atomic E-state index is 11.5. The van der Waals surface area contributed by atoms with E-state index in [1.165, 1.54) is 0 Å². The summed E-state index contributed by atoms with van der Waals surface area (Å²) >= 11 is 5.94. The molecule has 1 saturated carbocycles. The number of methoxy groups -OCH3 is 1. The third-order valence-corrected chi connectivity index (χ3v) is 3.73. The van der Waals surface area contributed by atoms with Crippen molar-refractivity contribution >= 4 is 17.6 Å². The van der Waals surface area contributed by atoms with Crippen molar-refractivity contribution in [1.82, 2.24) is 0 Å². The van der Waals surface area contributed by atoms with Crippen LogP contribution in [0.4, 0.5) is 0 Å². The zero-order chi connectivity index (χ0) is 12.5. The summed E-state index contributed by atoms with van der Waals surface area (Å²) in [5.41, 5.74) is 1.00. The summed E-state index contributed by atoms with van der Waals surface area (Å²) in [6, 6.07) is 5.37. The van der Waals surface area contributed by atoms with Gasteiger partial charge in [0.05, 0.1) is 12.0 Å². The number of aliphatic carboxylic acids is 1. The number of benzene rings is 1. The largest absolute Gasteiger partial charge is 0.481 e. The van der Waals surface area contributed by atoms with Crippen LogP contribution >= 0.6 is 11.6 Å². The number of ether oxygens (including phenoxy) is 1. The van der Waals surface area contributed by atoms with Crippen molar-refractivity contribution in [1.29, 1.82) is 0 Å². The first-order valence-corrected chi connectivity index (χ1v) is 5.99. The molecule has 0 amide bonds. The summed E-state index contributed by atoms with van der Waals surface area (Å²) in [5, 5.41) is 10.0. The predicted molar refractivity (Wildman–Crippen MR) is 65.3 cm³/mol. The summed E-state index contributed by atoms with van der Waals surface area (Å²) in [6.07, 6.45) is 2.35. The van der Waals surface area contributed by atoms with E-state index in [9.17, 15) is 9.90 Å². The molecule has 0 bridgehead atoms. The number of carbonyl (C=O) groups is 1. The Morgan fingerprint density at radius 1 is 1.53 bits per heavy atom. The molecule has 0 radical (unpaired) electrons. The van der Waals surface area contributed by atoms with E-state index in [0.29, 0.717) is 24.5 Å². The van der Waals surface area contributed by atoms with Crippen molar-refractivity contribution in [3.05, 3.63) is 34.3 Å². The smallest absolute Gasteiger partial charge is 0.314 e. The minimum Gasteiger partial charge on any atom is -0.481 e. The number of hydrogen-bond acceptors (Lipinski definition) is 2. The molecule has 0 aliphatic heterocycles. The molecule has 0 aromatic heterocycles. The standard InChI is InChI=1S/C13H15ClO3/c1-17-8-9-7-10(14)3-4-11(9)13(12(15)16)5-2-6-13/h3-4,7H,2,5-6,8H2,1H3,(H,15,16). The van der Waals surface area contributed by atoms with E-state index in [2.05, 4.69) is 0 Å². The highest BCUT2D eigenvalue weighted by Gasteiger charge is 2.47. The fourth-order valence-corrected chi connectivity index (χ4v) is 2.63. The second kappa shape index (κ2) is 4.67. The Morgan fingerprint density at radius 3 is 2.71 bits per heavy atom. The molecule has 0 saturated heterocycles. The first kappa shape index (κ1) is 12.4. The van der Waals surface area contributed by atoms with Crippen LogP contribution in [0, 0.1) is 0 Å². The molecule has 0 unspecified atom stereocenters. The number of hydrogen-bond donors (Lipinski definition) is 1. The van der Waals surface area contributed by atoms with Gasteiger partial charge >= 0.3 is 5.97 Å². The molecule has 1 aliphatic carbocycles. The average molecular weight is 255 g/mol. The van der Waals surface area contributed by atoms with Gasteiger partial charge in [-0.2, -0.15) is 0 Å². The maximum absolute atomic E-state index is 11.5. The molecule has 1 aromatic rings. The van der Waals surface area contributed by atoms with Gasteiger partial charge in [-0.25, -0.2) is 0 Å². The lowest BCUT2D eigenvalue weighted by Gasteiger charge is -2.39. The molecule has 17 heavy (non-hydrogen) atoms. The highest BCUT2D eigenvalue weighted by Crippen LogP contribution is 2.45. The van der Waals surface area contributed by atoms with Crippen molar-refractivity contribution in [3.8, 4) is 0 Å². The summed E-state index contributed by atoms with van der Waals surface area (Å²) in [6.45, 7) is 0.394. The average Bonchev–Trinajstić information content (AvgIpc) is 2.19. The van der Waals surface area contributed by atoms with E-state index >= 15 is 0 Å². The predicted octanol–water partition coefficient (Wildman–Crippen LogP) is 2.99. The monoisotopic (exact) mass is 254 g/mol. The molecule has 2 rings (SSSR count). The zero-order valence-corrected chi connectivity index (χ0v) is 10.5. The molecule has 0 spiro atoms. The number of rotatable bonds is 4. The van der Waals surface area contributed by atoms with Crippen molar-refractivity contribution in [2.24, 2.45) is 0 Å². The summed E-state index contributed by atoms with van der Waals surface area (Å²) in [4.78, 5) is 11.5. The van der Waals surface area contributed by atoms with Gasteiger partial charge in [-0.3, -0.25) is 4.79 Å². The fraction of sp³-hybridized carbons (Fsp3) is 0.462. The van der Waals surface area contributed by atoms with E-state index in [-0.39, 0.29) is 0 Å². The van der Waals surface area contributed by atoms with Gasteiger partial charge in [0.15, 0.2) is 0 Å². The van der Waals surface area contributed by atoms with Crippen LogP contribution in [-0.4, -0.2) is 18.2 Å². The van der Waals surface area contributed by atoms with Gasteiger partial charge in [0.2, 0.25) is 0 Å². The van der Waals surface area contributed by atoms with Crippen LogP contribution in [0.1, 0.15) is 30.4 Å². The summed E-state index contributed by atoms with van der Waals surface area (Å²) in [7, 11) is 1.60. The van der Waals surface area contributed by atoms with E-state index in [4.69, 9.17) is 16.3 Å². The topological polar surface area (TPSA) is 46.5 Å². The number of carboxylic acid groups (broad SMARTS) is 1. The molecular weight excluding hydrogens is 240 g/mol. The Bertz CT molecular complexity index is 438. The quantitative estimate of drug-likeness (QED) is 0.899. The minimum atomic E-state index is -0.747. The van der Waals surface area contributed by atoms with E-state index in [1.54, 1.807) is 19.2 Å². The second-order valence-electron chi connectivity index (χ2n) is 4.48. The molecule has 1 N–H and O–H groups in total. The van der Waals surface area contributed by atoms with Crippen LogP contribution in [0.5, 0.6) is 0 Å². The van der Waals surface area contributed by atoms with E-state index in [0.717, 1.165) is 17.5 Å². The van der Waals surface area contributed by atoms with Crippen LogP contribution in [0.25, 0.3) is 0 Å². The van der Waals surface area contributed by atoms with Crippen LogP contribution < -0.4 is 0 Å². The van der Waals surface area contributed by atoms with Crippen LogP contribution in [0.15, 0.2) is 18.2 Å². The van der Waals surface area contributed by atoms with Gasteiger partial charge in [0.25, 0.3) is 0 Å². The van der Waals surface area contributed by atoms with E-state index in [1.807, 2.05) is 6.07 Å². The molecule has 1 aliphatic rings. The van der Waals surface area contributed by atoms with Crippen LogP contribution in [0.2, 0.25) is 5.02 Å². The maximum Gasteiger partial charge on any atom is 0.314 e. The Labute approximate surface area is 105 Å². The lowest BCUT2D eigenvalue weighted by molar-refractivity contribution is -0.147. The van der Waals surface area contributed by atoms with Crippen molar-refractivity contribution in [2.45, 2.75) is 31.3 Å². The Kier molecular flexibility index (Phi) is 3.40. The molecular formula is C13H15ClO3. The Morgan fingerprint density at radius 2 is 2.24 bits per heavy atom. The van der Waals surface area contributed by atoms with Gasteiger partial charge in [-0.05, 0) is 36.1 Å². The Balaban J connectivity index is 2.46. The normalized spacial score (nSPS) is 17.5. The SMILES string of the molecule is COCc1cc(Cl)ccc1C1(C(=O)O)CCC1. The highest BCUT2D eigenvalue weighted by molar-refractivity contribution is 6.30. The van der Waals surface area contributed by atoms with E-state index < -0.39 is 11.4 Å². The van der Waals surface area contributed by atoms with Gasteiger partial charge < -0.3 is 9.84 Å². The molecule has 4 heteroatoms. The summed E-state index contributed by atoms with van der Waals surface area (Å²) in [5.74, 6) is -0.747. The second-order valence-corrected chi connectivity index (χ2v) is 4.91. The van der Waals surface area contributed by atoms with Gasteiger partial charge in [0, 0.05) is 12.1 Å². The first-order chi connectivity index (χ1) is 8.10. The van der Waals surface area contributed by atoms with Gasteiger partial charge in [0.1, 0.15) is 0 Å². The lowest BCUT2D eigenvalue weighted by Crippen LogP contribution is -2.43. The Hall–Kier alpha value is -1.06. The number of halogens is 1. The fourth-order valence-electron chi connectivity index (χ4n) is 2.43.